The quantitative estimate of drug-likeness (QED) is 0.102. The van der Waals surface area contributed by atoms with Crippen LogP contribution >= 0.6 is 0 Å². The van der Waals surface area contributed by atoms with Gasteiger partial charge in [0.15, 0.2) is 5.65 Å². The van der Waals surface area contributed by atoms with Crippen molar-refractivity contribution < 1.29 is 23.8 Å². The average Bonchev–Trinajstić information content (AvgIpc) is 3.44. The van der Waals surface area contributed by atoms with Gasteiger partial charge < -0.3 is 23.7 Å². The smallest absolute Gasteiger partial charge is 0.497 e. The lowest BCUT2D eigenvalue weighted by molar-refractivity contribution is 0.0207. The summed E-state index contributed by atoms with van der Waals surface area (Å²) in [4.78, 5) is 39.9. The van der Waals surface area contributed by atoms with E-state index in [9.17, 15) is 9.59 Å². The summed E-state index contributed by atoms with van der Waals surface area (Å²) in [5.41, 5.74) is 4.74. The van der Waals surface area contributed by atoms with E-state index in [1.165, 1.54) is 0 Å². The molecule has 2 amide bonds. The van der Waals surface area contributed by atoms with Crippen LogP contribution in [0.3, 0.4) is 0 Å². The Balaban J connectivity index is 1.24. The molecule has 0 aliphatic carbocycles. The summed E-state index contributed by atoms with van der Waals surface area (Å²) in [5, 5.41) is 0. The molecule has 6 rings (SSSR count). The van der Waals surface area contributed by atoms with Crippen LogP contribution in [0, 0.1) is 0 Å². The molecular weight excluding hydrogens is 630 g/mol. The number of urea groups is 1. The van der Waals surface area contributed by atoms with E-state index < -0.39 is 11.8 Å². The fourth-order valence-electron chi connectivity index (χ4n) is 6.10. The molecule has 0 radical (unpaired) electrons. The van der Waals surface area contributed by atoms with Crippen LogP contribution < -0.4 is 14.4 Å². The number of amides is 2. The van der Waals surface area contributed by atoms with Crippen molar-refractivity contribution in [2.24, 2.45) is 0 Å². The predicted octanol–water partition coefficient (Wildman–Crippen LogP) is 8.64. The molecule has 1 aliphatic heterocycles. The first kappa shape index (κ1) is 34.5. The van der Waals surface area contributed by atoms with Gasteiger partial charge in [0.2, 0.25) is 0 Å². The minimum Gasteiger partial charge on any atom is -0.497 e. The number of anilines is 1. The second kappa shape index (κ2) is 15.0. The molecule has 0 spiro atoms. The summed E-state index contributed by atoms with van der Waals surface area (Å²) in [7, 11) is 1.65. The molecule has 0 atom stereocenters. The van der Waals surface area contributed by atoms with Crippen LogP contribution in [0.4, 0.5) is 15.4 Å². The Morgan fingerprint density at radius 3 is 2.30 bits per heavy atom. The molecule has 1 saturated heterocycles. The van der Waals surface area contributed by atoms with Gasteiger partial charge in [-0.05, 0) is 80.6 Å². The Hall–Kier alpha value is -5.38. The molecular formula is C40H45N5O5. The Morgan fingerprint density at radius 2 is 1.58 bits per heavy atom. The third-order valence-corrected chi connectivity index (χ3v) is 8.61. The number of unbranched alkanes of at least 4 members (excludes halogenated alkanes) is 1. The average molecular weight is 676 g/mol. The largest absolute Gasteiger partial charge is 0.514 e. The maximum absolute atomic E-state index is 13.7. The standard InChI is InChI=1S/C40H45N5O5/c1-6-7-13-35-41-33-22-23-36(44-25-10-24-43(38(44)46)26-28-16-20-31(48-5)21-17-28)42-37(33)45(35)27-29-14-18-30(19-15-29)32-11-8-9-12-34(32)49-39(47)50-40(2,3)4/h8-9,11-12,14-23H,6-7,10,13,24-27H2,1-5H3. The lowest BCUT2D eigenvalue weighted by atomic mass is 10.0. The van der Waals surface area contributed by atoms with Gasteiger partial charge in [0.05, 0.1) is 13.7 Å². The summed E-state index contributed by atoms with van der Waals surface area (Å²) in [6.45, 7) is 9.97. The number of aromatic nitrogens is 3. The molecule has 10 nitrogen and oxygen atoms in total. The molecule has 1 fully saturated rings. The number of carbonyl (C=O) groups is 2. The van der Waals surface area contributed by atoms with Crippen molar-refractivity contribution in [3.63, 3.8) is 0 Å². The second-order valence-electron chi connectivity index (χ2n) is 13.5. The molecule has 0 saturated carbocycles. The summed E-state index contributed by atoms with van der Waals surface area (Å²) in [6.07, 6.45) is 2.99. The van der Waals surface area contributed by atoms with Crippen molar-refractivity contribution in [2.45, 2.75) is 72.1 Å². The SMILES string of the molecule is CCCCc1nc2ccc(N3CCCN(Cc4ccc(OC)cc4)C3=O)nc2n1Cc1ccc(-c2ccccc2OC(=O)OC(C)(C)C)cc1. The number of pyridine rings is 1. The number of nitrogens with zero attached hydrogens (tertiary/aromatic N) is 5. The van der Waals surface area contributed by atoms with Crippen molar-refractivity contribution in [3.8, 4) is 22.6 Å². The molecule has 10 heteroatoms. The Kier molecular flexibility index (Phi) is 10.4. The lowest BCUT2D eigenvalue weighted by Crippen LogP contribution is -2.49. The first-order valence-electron chi connectivity index (χ1n) is 17.3. The molecule has 0 bridgehead atoms. The third kappa shape index (κ3) is 8.07. The van der Waals surface area contributed by atoms with Crippen LogP contribution in [0.5, 0.6) is 11.5 Å². The van der Waals surface area contributed by atoms with Crippen molar-refractivity contribution in [1.82, 2.24) is 19.4 Å². The van der Waals surface area contributed by atoms with Crippen molar-refractivity contribution >= 4 is 29.2 Å². The summed E-state index contributed by atoms with van der Waals surface area (Å²) < 4.78 is 18.4. The van der Waals surface area contributed by atoms with Crippen molar-refractivity contribution in [2.75, 3.05) is 25.1 Å². The summed E-state index contributed by atoms with van der Waals surface area (Å²) in [6, 6.07) is 27.3. The van der Waals surface area contributed by atoms with E-state index in [0.717, 1.165) is 70.7 Å². The van der Waals surface area contributed by atoms with Gasteiger partial charge in [0.1, 0.15) is 34.3 Å². The van der Waals surface area contributed by atoms with Crippen LogP contribution in [0.15, 0.2) is 84.9 Å². The highest BCUT2D eigenvalue weighted by molar-refractivity contribution is 5.92. The summed E-state index contributed by atoms with van der Waals surface area (Å²) in [5.74, 6) is 2.82. The van der Waals surface area contributed by atoms with E-state index in [1.807, 2.05) is 71.6 Å². The van der Waals surface area contributed by atoms with Crippen LogP contribution in [0.1, 0.15) is 63.9 Å². The van der Waals surface area contributed by atoms with E-state index >= 15 is 0 Å². The van der Waals surface area contributed by atoms with E-state index in [-0.39, 0.29) is 6.03 Å². The van der Waals surface area contributed by atoms with Gasteiger partial charge in [-0.3, -0.25) is 4.90 Å². The molecule has 0 unspecified atom stereocenters. The number of para-hydroxylation sites is 1. The number of benzene rings is 3. The van der Waals surface area contributed by atoms with E-state index in [4.69, 9.17) is 24.2 Å². The van der Waals surface area contributed by atoms with Crippen LogP contribution in [-0.2, 0) is 24.2 Å². The number of hydrogen-bond acceptors (Lipinski definition) is 7. The van der Waals surface area contributed by atoms with Gasteiger partial charge in [-0.1, -0.05) is 67.9 Å². The first-order chi connectivity index (χ1) is 24.1. The van der Waals surface area contributed by atoms with Gasteiger partial charge >= 0.3 is 12.2 Å². The Morgan fingerprint density at radius 1 is 0.860 bits per heavy atom. The number of imidazole rings is 1. The van der Waals surface area contributed by atoms with Gasteiger partial charge in [-0.15, -0.1) is 0 Å². The molecule has 3 heterocycles. The van der Waals surface area contributed by atoms with E-state index in [1.54, 1.807) is 38.8 Å². The second-order valence-corrected chi connectivity index (χ2v) is 13.5. The minimum absolute atomic E-state index is 0.0530. The number of fused-ring (bicyclic) bond motifs is 1. The van der Waals surface area contributed by atoms with Gasteiger partial charge in [-0.25, -0.2) is 19.6 Å². The third-order valence-electron chi connectivity index (χ3n) is 8.61. The Labute approximate surface area is 293 Å². The fraction of sp³-hybridized carbons (Fsp3) is 0.350. The topological polar surface area (TPSA) is 99.0 Å². The number of rotatable bonds is 11. The molecule has 2 aromatic heterocycles. The number of hydrogen-bond donors (Lipinski definition) is 0. The van der Waals surface area contributed by atoms with Crippen LogP contribution in [-0.4, -0.2) is 57.4 Å². The van der Waals surface area contributed by atoms with Gasteiger partial charge in [0.25, 0.3) is 0 Å². The van der Waals surface area contributed by atoms with Crippen molar-refractivity contribution in [1.29, 1.82) is 0 Å². The highest BCUT2D eigenvalue weighted by atomic mass is 16.7. The van der Waals surface area contributed by atoms with E-state index in [2.05, 4.69) is 23.6 Å². The number of carbonyl (C=O) groups excluding carboxylic acids is 2. The maximum atomic E-state index is 13.7. The van der Waals surface area contributed by atoms with E-state index in [0.29, 0.717) is 37.7 Å². The highest BCUT2D eigenvalue weighted by Crippen LogP contribution is 2.31. The maximum Gasteiger partial charge on any atom is 0.514 e. The normalized spacial score (nSPS) is 13.5. The first-order valence-corrected chi connectivity index (χ1v) is 17.3. The highest BCUT2D eigenvalue weighted by Gasteiger charge is 2.28. The number of methoxy groups -OCH3 is 1. The molecule has 260 valence electrons. The zero-order valence-electron chi connectivity index (χ0n) is 29.5. The monoisotopic (exact) mass is 675 g/mol. The van der Waals surface area contributed by atoms with Crippen molar-refractivity contribution in [3.05, 3.63) is 102 Å². The van der Waals surface area contributed by atoms with Crippen LogP contribution in [0.2, 0.25) is 0 Å². The molecule has 1 aliphatic rings. The minimum atomic E-state index is -0.740. The number of aryl methyl sites for hydroxylation is 1. The fourth-order valence-corrected chi connectivity index (χ4v) is 6.10. The van der Waals surface area contributed by atoms with Crippen LogP contribution in [0.25, 0.3) is 22.3 Å². The predicted molar refractivity (Wildman–Crippen MR) is 195 cm³/mol. The lowest BCUT2D eigenvalue weighted by Gasteiger charge is -2.35. The summed E-state index contributed by atoms with van der Waals surface area (Å²) >= 11 is 0. The molecule has 3 aromatic carbocycles. The molecule has 5 aromatic rings. The molecule has 0 N–H and O–H groups in total. The Bertz CT molecular complexity index is 1950. The van der Waals surface area contributed by atoms with Gasteiger partial charge in [-0.2, -0.15) is 0 Å². The zero-order chi connectivity index (χ0) is 35.3. The van der Waals surface area contributed by atoms with Gasteiger partial charge in [0, 0.05) is 31.6 Å². The molecule has 50 heavy (non-hydrogen) atoms. The number of ether oxygens (including phenoxy) is 3. The zero-order valence-corrected chi connectivity index (χ0v) is 29.5.